The van der Waals surface area contributed by atoms with Gasteiger partial charge in [0.2, 0.25) is 0 Å². The number of anilines is 1. The predicted molar refractivity (Wildman–Crippen MR) is 118 cm³/mol. The number of nitrogens with zero attached hydrogens (tertiary/aromatic N) is 5. The standard InChI is InChI=1S/C23H22F3N7/c24-15-1-2-20(26)18(6-15)21-7-16(25)12-32(21)23-19-5-13(8-28-22(19)30-31-23)14-9-29-33(11-14)17-3-4-27-10-17/h1-2,5-6,8-9,11,16-17,21,27H,3-4,7,10,12H2,(H,28,30,31)/t16-,17+,21+/m0/s1. The number of pyridine rings is 1. The van der Waals surface area contributed by atoms with Gasteiger partial charge in [0.1, 0.15) is 17.8 Å². The van der Waals surface area contributed by atoms with E-state index in [0.717, 1.165) is 48.8 Å². The van der Waals surface area contributed by atoms with Crippen molar-refractivity contribution in [2.45, 2.75) is 31.1 Å². The molecule has 0 aliphatic carbocycles. The van der Waals surface area contributed by atoms with Crippen molar-refractivity contribution in [3.8, 4) is 11.1 Å². The molecule has 2 aliphatic rings. The Bertz CT molecular complexity index is 1310. The Labute approximate surface area is 187 Å². The van der Waals surface area contributed by atoms with Gasteiger partial charge >= 0.3 is 0 Å². The lowest BCUT2D eigenvalue weighted by molar-refractivity contribution is 0.356. The van der Waals surface area contributed by atoms with Crippen LogP contribution in [-0.4, -0.2) is 50.8 Å². The number of H-pyrrole nitrogens is 1. The smallest absolute Gasteiger partial charge is 0.160 e. The van der Waals surface area contributed by atoms with E-state index in [9.17, 15) is 13.2 Å². The molecule has 10 heteroatoms. The Kier molecular flexibility index (Phi) is 4.83. The maximum atomic E-state index is 14.5. The van der Waals surface area contributed by atoms with Crippen LogP contribution in [0.3, 0.4) is 0 Å². The second-order valence-electron chi connectivity index (χ2n) is 8.69. The first-order valence-corrected chi connectivity index (χ1v) is 11.0. The van der Waals surface area contributed by atoms with E-state index >= 15 is 0 Å². The fraction of sp³-hybridized carbons (Fsp3) is 0.348. The van der Waals surface area contributed by atoms with E-state index in [0.29, 0.717) is 22.9 Å². The van der Waals surface area contributed by atoms with Gasteiger partial charge in [-0.15, -0.1) is 0 Å². The second kappa shape index (κ2) is 7.87. The molecule has 0 unspecified atom stereocenters. The number of rotatable bonds is 4. The molecule has 0 saturated carbocycles. The van der Waals surface area contributed by atoms with Crippen LogP contribution in [0.1, 0.15) is 30.5 Å². The fourth-order valence-electron chi connectivity index (χ4n) is 4.90. The molecular formula is C23H22F3N7. The quantitative estimate of drug-likeness (QED) is 0.490. The van der Waals surface area contributed by atoms with E-state index in [-0.39, 0.29) is 18.5 Å². The van der Waals surface area contributed by atoms with Crippen molar-refractivity contribution in [3.05, 3.63) is 60.1 Å². The van der Waals surface area contributed by atoms with Crippen molar-refractivity contribution >= 4 is 16.9 Å². The van der Waals surface area contributed by atoms with Crippen LogP contribution in [-0.2, 0) is 0 Å². The Morgan fingerprint density at radius 1 is 1.09 bits per heavy atom. The molecule has 3 atom stereocenters. The Balaban J connectivity index is 1.38. The highest BCUT2D eigenvalue weighted by Gasteiger charge is 2.37. The molecule has 2 fully saturated rings. The Morgan fingerprint density at radius 2 is 2.00 bits per heavy atom. The molecule has 33 heavy (non-hydrogen) atoms. The third kappa shape index (κ3) is 3.54. The zero-order valence-electron chi connectivity index (χ0n) is 17.7. The number of aromatic amines is 1. The first-order valence-electron chi connectivity index (χ1n) is 11.0. The molecule has 0 bridgehead atoms. The zero-order valence-corrected chi connectivity index (χ0v) is 17.7. The Morgan fingerprint density at radius 3 is 2.85 bits per heavy atom. The average Bonchev–Trinajstić information content (AvgIpc) is 3.60. The van der Waals surface area contributed by atoms with Crippen molar-refractivity contribution in [2.24, 2.45) is 0 Å². The Hall–Kier alpha value is -3.40. The van der Waals surface area contributed by atoms with Crippen LogP contribution in [0.2, 0.25) is 0 Å². The number of fused-ring (bicyclic) bond motifs is 1. The highest BCUT2D eigenvalue weighted by atomic mass is 19.1. The zero-order chi connectivity index (χ0) is 22.5. The molecule has 2 saturated heterocycles. The summed E-state index contributed by atoms with van der Waals surface area (Å²) in [6, 6.07) is 4.87. The minimum atomic E-state index is -1.18. The fourth-order valence-corrected chi connectivity index (χ4v) is 4.90. The summed E-state index contributed by atoms with van der Waals surface area (Å²) in [5.74, 6) is -0.646. The van der Waals surface area contributed by atoms with Crippen LogP contribution in [0.5, 0.6) is 0 Å². The van der Waals surface area contributed by atoms with Crippen molar-refractivity contribution in [3.63, 3.8) is 0 Å². The molecule has 4 aromatic rings. The van der Waals surface area contributed by atoms with Crippen LogP contribution < -0.4 is 10.2 Å². The maximum absolute atomic E-state index is 14.5. The molecule has 1 aromatic carbocycles. The van der Waals surface area contributed by atoms with Gasteiger partial charge in [0.25, 0.3) is 0 Å². The second-order valence-corrected chi connectivity index (χ2v) is 8.69. The number of benzene rings is 1. The predicted octanol–water partition coefficient (Wildman–Crippen LogP) is 3.92. The van der Waals surface area contributed by atoms with Gasteiger partial charge in [-0.3, -0.25) is 9.78 Å². The lowest BCUT2D eigenvalue weighted by Crippen LogP contribution is -2.25. The molecule has 0 spiro atoms. The largest absolute Gasteiger partial charge is 0.344 e. The van der Waals surface area contributed by atoms with Crippen molar-refractivity contribution in [1.82, 2.24) is 30.3 Å². The van der Waals surface area contributed by atoms with Crippen LogP contribution in [0.25, 0.3) is 22.2 Å². The molecule has 0 amide bonds. The van der Waals surface area contributed by atoms with Gasteiger partial charge in [-0.25, -0.2) is 18.2 Å². The number of halogens is 3. The van der Waals surface area contributed by atoms with Crippen molar-refractivity contribution < 1.29 is 13.2 Å². The summed E-state index contributed by atoms with van der Waals surface area (Å²) in [6.07, 6.45) is 5.45. The van der Waals surface area contributed by atoms with E-state index in [1.54, 1.807) is 17.3 Å². The molecule has 0 radical (unpaired) electrons. The summed E-state index contributed by atoms with van der Waals surface area (Å²) in [5, 5.41) is 15.8. The highest BCUT2D eigenvalue weighted by Crippen LogP contribution is 2.40. The molecule has 2 N–H and O–H groups in total. The van der Waals surface area contributed by atoms with Gasteiger partial charge in [0, 0.05) is 42.0 Å². The molecule has 2 aliphatic heterocycles. The monoisotopic (exact) mass is 453 g/mol. The topological polar surface area (TPSA) is 74.7 Å². The summed E-state index contributed by atoms with van der Waals surface area (Å²) in [4.78, 5) is 6.18. The normalized spacial score (nSPS) is 23.1. The molecule has 170 valence electrons. The van der Waals surface area contributed by atoms with Crippen LogP contribution in [0, 0.1) is 11.6 Å². The van der Waals surface area contributed by atoms with Crippen LogP contribution in [0.4, 0.5) is 19.0 Å². The summed E-state index contributed by atoms with van der Waals surface area (Å²) in [6.45, 7) is 1.91. The molecular weight excluding hydrogens is 431 g/mol. The van der Waals surface area contributed by atoms with Crippen LogP contribution in [0.15, 0.2) is 42.9 Å². The van der Waals surface area contributed by atoms with E-state index < -0.39 is 23.8 Å². The summed E-state index contributed by atoms with van der Waals surface area (Å²) in [5.41, 5.74) is 2.44. The van der Waals surface area contributed by atoms with Gasteiger partial charge in [-0.1, -0.05) is 0 Å². The summed E-state index contributed by atoms with van der Waals surface area (Å²) < 4.78 is 44.8. The van der Waals surface area contributed by atoms with E-state index in [4.69, 9.17) is 0 Å². The van der Waals surface area contributed by atoms with Gasteiger partial charge in [0.05, 0.1) is 30.2 Å². The summed E-state index contributed by atoms with van der Waals surface area (Å²) in [7, 11) is 0. The minimum absolute atomic E-state index is 0.0391. The number of hydrogen-bond donors (Lipinski definition) is 2. The third-order valence-electron chi connectivity index (χ3n) is 6.58. The highest BCUT2D eigenvalue weighted by molar-refractivity contribution is 5.91. The lowest BCUT2D eigenvalue weighted by Gasteiger charge is -2.25. The molecule has 6 rings (SSSR count). The summed E-state index contributed by atoms with van der Waals surface area (Å²) >= 11 is 0. The molecule has 3 aromatic heterocycles. The van der Waals surface area contributed by atoms with E-state index in [1.807, 2.05) is 16.9 Å². The van der Waals surface area contributed by atoms with Crippen molar-refractivity contribution in [2.75, 3.05) is 24.5 Å². The van der Waals surface area contributed by atoms with Gasteiger partial charge in [0.15, 0.2) is 11.5 Å². The molecule has 7 nitrogen and oxygen atoms in total. The van der Waals surface area contributed by atoms with Gasteiger partial charge in [-0.2, -0.15) is 10.2 Å². The number of aromatic nitrogens is 5. The van der Waals surface area contributed by atoms with E-state index in [2.05, 4.69) is 25.6 Å². The first kappa shape index (κ1) is 20.2. The number of hydrogen-bond acceptors (Lipinski definition) is 5. The maximum Gasteiger partial charge on any atom is 0.160 e. The average molecular weight is 453 g/mol. The first-order chi connectivity index (χ1) is 16.1. The van der Waals surface area contributed by atoms with Gasteiger partial charge < -0.3 is 10.2 Å². The number of nitrogens with one attached hydrogen (secondary N) is 2. The SMILES string of the molecule is Fc1ccc(F)c([C@H]2C[C@H](F)CN2c2n[nH]c3ncc(-c4cnn([C@@H]5CCNC5)c4)cc23)c1. The van der Waals surface area contributed by atoms with Crippen molar-refractivity contribution in [1.29, 1.82) is 0 Å². The van der Waals surface area contributed by atoms with Crippen LogP contribution >= 0.6 is 0 Å². The van der Waals surface area contributed by atoms with Gasteiger partial charge in [-0.05, 0) is 37.2 Å². The number of alkyl halides is 1. The molecule has 5 heterocycles. The van der Waals surface area contributed by atoms with E-state index in [1.165, 1.54) is 0 Å². The minimum Gasteiger partial charge on any atom is -0.344 e. The lowest BCUT2D eigenvalue weighted by atomic mass is 10.0. The third-order valence-corrected chi connectivity index (χ3v) is 6.58.